The molecular formula is C19H40BrN. The van der Waals surface area contributed by atoms with Gasteiger partial charge in [0.05, 0.1) is 0 Å². The third-order valence-electron chi connectivity index (χ3n) is 4.19. The third-order valence-corrected chi connectivity index (χ3v) is 4.76. The Kier molecular flexibility index (Phi) is 20.9. The SMILES string of the molecule is C1CNC1.CCCCCCCCCCCCCCCCBr. The van der Waals surface area contributed by atoms with Gasteiger partial charge in [-0.05, 0) is 25.9 Å². The van der Waals surface area contributed by atoms with Crippen molar-refractivity contribution < 1.29 is 0 Å². The number of hydrogen-bond donors (Lipinski definition) is 1. The zero-order chi connectivity index (χ0) is 15.4. The summed E-state index contributed by atoms with van der Waals surface area (Å²) in [7, 11) is 0. The molecule has 0 radical (unpaired) electrons. The van der Waals surface area contributed by atoms with Crippen molar-refractivity contribution in [2.24, 2.45) is 0 Å². The molecule has 1 aliphatic rings. The Bertz CT molecular complexity index is 151. The van der Waals surface area contributed by atoms with Crippen LogP contribution in [0.3, 0.4) is 0 Å². The molecule has 0 aromatic heterocycles. The van der Waals surface area contributed by atoms with Crippen LogP contribution < -0.4 is 5.32 Å². The molecule has 2 heteroatoms. The lowest BCUT2D eigenvalue weighted by Gasteiger charge is -2.09. The van der Waals surface area contributed by atoms with Crippen LogP contribution in [0.5, 0.6) is 0 Å². The Morgan fingerprint density at radius 1 is 0.619 bits per heavy atom. The largest absolute Gasteiger partial charge is 0.317 e. The highest BCUT2D eigenvalue weighted by Gasteiger charge is 1.93. The van der Waals surface area contributed by atoms with E-state index >= 15 is 0 Å². The second kappa shape index (κ2) is 20.4. The first kappa shape index (κ1) is 21.4. The smallest absolute Gasteiger partial charge is 0.00313 e. The van der Waals surface area contributed by atoms with Crippen LogP contribution >= 0.6 is 15.9 Å². The van der Waals surface area contributed by atoms with Crippen molar-refractivity contribution >= 4 is 15.9 Å². The fourth-order valence-electron chi connectivity index (χ4n) is 2.47. The van der Waals surface area contributed by atoms with Crippen LogP contribution in [0, 0.1) is 0 Å². The molecule has 0 spiro atoms. The predicted octanol–water partition coefficient (Wildman–Crippen LogP) is 6.84. The molecule has 1 fully saturated rings. The molecule has 0 aromatic carbocycles. The van der Waals surface area contributed by atoms with Crippen LogP contribution in [-0.4, -0.2) is 18.4 Å². The molecule has 0 amide bonds. The van der Waals surface area contributed by atoms with Crippen molar-refractivity contribution in [1.82, 2.24) is 5.32 Å². The Morgan fingerprint density at radius 2 is 0.905 bits per heavy atom. The van der Waals surface area contributed by atoms with Crippen molar-refractivity contribution in [3.05, 3.63) is 0 Å². The first-order valence-electron chi connectivity index (χ1n) is 9.68. The monoisotopic (exact) mass is 361 g/mol. The van der Waals surface area contributed by atoms with Crippen molar-refractivity contribution in [1.29, 1.82) is 0 Å². The number of alkyl halides is 1. The van der Waals surface area contributed by atoms with E-state index < -0.39 is 0 Å². The van der Waals surface area contributed by atoms with Crippen molar-refractivity contribution in [3.8, 4) is 0 Å². The maximum atomic E-state index is 3.48. The average molecular weight is 362 g/mol. The highest BCUT2D eigenvalue weighted by Crippen LogP contribution is 2.12. The van der Waals surface area contributed by atoms with Crippen LogP contribution in [0.1, 0.15) is 103 Å². The Hall–Kier alpha value is 0.440. The van der Waals surface area contributed by atoms with Gasteiger partial charge in [0.15, 0.2) is 0 Å². The Balaban J connectivity index is 0.000000847. The quantitative estimate of drug-likeness (QED) is 0.263. The standard InChI is InChI=1S/C16H33Br.C3H7N/c1-2-3-4-5-6-7-8-9-10-11-12-13-14-15-16-17;1-2-4-3-1/h2-16H2,1H3;4H,1-3H2. The van der Waals surface area contributed by atoms with Gasteiger partial charge in [-0.2, -0.15) is 0 Å². The molecule has 0 atom stereocenters. The third kappa shape index (κ3) is 20.4. The summed E-state index contributed by atoms with van der Waals surface area (Å²) in [5, 5.41) is 4.30. The number of halogens is 1. The first-order valence-corrected chi connectivity index (χ1v) is 10.8. The molecule has 1 nitrogen and oxygen atoms in total. The van der Waals surface area contributed by atoms with Gasteiger partial charge in [0.1, 0.15) is 0 Å². The summed E-state index contributed by atoms with van der Waals surface area (Å²) in [5.74, 6) is 0. The Labute approximate surface area is 143 Å². The second-order valence-electron chi connectivity index (χ2n) is 6.39. The van der Waals surface area contributed by atoms with Gasteiger partial charge >= 0.3 is 0 Å². The van der Waals surface area contributed by atoms with Crippen LogP contribution in [0.25, 0.3) is 0 Å². The zero-order valence-corrected chi connectivity index (χ0v) is 16.2. The Morgan fingerprint density at radius 3 is 1.14 bits per heavy atom. The molecule has 0 aromatic rings. The van der Waals surface area contributed by atoms with E-state index in [4.69, 9.17) is 0 Å². The van der Waals surface area contributed by atoms with Crippen LogP contribution in [0.4, 0.5) is 0 Å². The highest BCUT2D eigenvalue weighted by molar-refractivity contribution is 9.09. The topological polar surface area (TPSA) is 12.0 Å². The summed E-state index contributed by atoms with van der Waals surface area (Å²) in [4.78, 5) is 0. The molecule has 0 unspecified atom stereocenters. The van der Waals surface area contributed by atoms with E-state index in [0.717, 1.165) is 0 Å². The summed E-state index contributed by atoms with van der Waals surface area (Å²) < 4.78 is 0. The molecule has 1 N–H and O–H groups in total. The van der Waals surface area contributed by atoms with E-state index in [0.29, 0.717) is 0 Å². The predicted molar refractivity (Wildman–Crippen MR) is 102 cm³/mol. The van der Waals surface area contributed by atoms with Gasteiger partial charge in [-0.15, -0.1) is 0 Å². The van der Waals surface area contributed by atoms with E-state index in [1.807, 2.05) is 0 Å². The van der Waals surface area contributed by atoms with E-state index in [-0.39, 0.29) is 0 Å². The van der Waals surface area contributed by atoms with Crippen LogP contribution in [-0.2, 0) is 0 Å². The maximum Gasteiger partial charge on any atom is 0.00313 e. The van der Waals surface area contributed by atoms with Crippen LogP contribution in [0.15, 0.2) is 0 Å². The number of rotatable bonds is 14. The van der Waals surface area contributed by atoms with Crippen LogP contribution in [0.2, 0.25) is 0 Å². The van der Waals surface area contributed by atoms with Gasteiger partial charge < -0.3 is 5.32 Å². The first-order chi connectivity index (χ1) is 10.4. The summed E-state index contributed by atoms with van der Waals surface area (Å²) in [6, 6.07) is 0. The average Bonchev–Trinajstić information content (AvgIpc) is 2.42. The van der Waals surface area contributed by atoms with Gasteiger partial charge in [0.2, 0.25) is 0 Å². The lowest BCUT2D eigenvalue weighted by atomic mass is 10.0. The molecule has 0 saturated carbocycles. The fraction of sp³-hybridized carbons (Fsp3) is 1.00. The molecule has 1 aliphatic heterocycles. The maximum absolute atomic E-state index is 3.48. The van der Waals surface area contributed by atoms with E-state index in [1.165, 1.54) is 115 Å². The van der Waals surface area contributed by atoms with Crippen molar-refractivity contribution in [2.45, 2.75) is 103 Å². The normalized spacial score (nSPS) is 13.4. The molecule has 0 bridgehead atoms. The highest BCUT2D eigenvalue weighted by atomic mass is 79.9. The van der Waals surface area contributed by atoms with E-state index in [1.54, 1.807) is 0 Å². The van der Waals surface area contributed by atoms with Crippen molar-refractivity contribution in [3.63, 3.8) is 0 Å². The number of unbranched alkanes of at least 4 members (excludes halogenated alkanes) is 13. The number of hydrogen-bond acceptors (Lipinski definition) is 1. The molecule has 0 aliphatic carbocycles. The molecule has 1 rings (SSSR count). The lowest BCUT2D eigenvalue weighted by Crippen LogP contribution is -2.29. The van der Waals surface area contributed by atoms with E-state index in [2.05, 4.69) is 28.2 Å². The minimum absolute atomic E-state index is 1.19. The molecule has 128 valence electrons. The van der Waals surface area contributed by atoms with Gasteiger partial charge in [-0.3, -0.25) is 0 Å². The minimum Gasteiger partial charge on any atom is -0.317 e. The van der Waals surface area contributed by atoms with Gasteiger partial charge in [-0.25, -0.2) is 0 Å². The summed E-state index contributed by atoms with van der Waals surface area (Å²) in [6.07, 6.45) is 21.7. The second-order valence-corrected chi connectivity index (χ2v) is 7.18. The molecule has 21 heavy (non-hydrogen) atoms. The zero-order valence-electron chi connectivity index (χ0n) is 14.6. The lowest BCUT2D eigenvalue weighted by molar-refractivity contribution is 0.527. The molecule has 1 saturated heterocycles. The fourth-order valence-corrected chi connectivity index (χ4v) is 2.86. The van der Waals surface area contributed by atoms with Crippen molar-refractivity contribution in [2.75, 3.05) is 18.4 Å². The van der Waals surface area contributed by atoms with Gasteiger partial charge in [-0.1, -0.05) is 106 Å². The minimum atomic E-state index is 1.19. The van der Waals surface area contributed by atoms with E-state index in [9.17, 15) is 0 Å². The summed E-state index contributed by atoms with van der Waals surface area (Å²) in [5.41, 5.74) is 0. The van der Waals surface area contributed by atoms with Gasteiger partial charge in [0, 0.05) is 5.33 Å². The summed E-state index contributed by atoms with van der Waals surface area (Å²) >= 11 is 3.48. The summed E-state index contributed by atoms with van der Waals surface area (Å²) in [6.45, 7) is 4.79. The molecule has 1 heterocycles. The van der Waals surface area contributed by atoms with Gasteiger partial charge in [0.25, 0.3) is 0 Å². The molecular weight excluding hydrogens is 322 g/mol. The number of nitrogens with one attached hydrogen (secondary N) is 1.